The standard InChI is InChI=1S/C13H19N3/c1-9(2)12-15-10(13(3,4)5)8-11-14-6-7-16(11)12/h6-9H,1-5H3. The van der Waals surface area contributed by atoms with Gasteiger partial charge >= 0.3 is 0 Å². The second kappa shape index (κ2) is 3.58. The van der Waals surface area contributed by atoms with Crippen molar-refractivity contribution in [2.24, 2.45) is 0 Å². The van der Waals surface area contributed by atoms with Crippen LogP contribution in [0.4, 0.5) is 0 Å². The van der Waals surface area contributed by atoms with Crippen molar-refractivity contribution in [3.63, 3.8) is 0 Å². The molecule has 16 heavy (non-hydrogen) atoms. The molecule has 0 fully saturated rings. The monoisotopic (exact) mass is 217 g/mol. The highest BCUT2D eigenvalue weighted by molar-refractivity contribution is 5.42. The maximum atomic E-state index is 4.77. The minimum Gasteiger partial charge on any atom is -0.288 e. The zero-order valence-corrected chi connectivity index (χ0v) is 10.7. The summed E-state index contributed by atoms with van der Waals surface area (Å²) in [5, 5.41) is 0. The van der Waals surface area contributed by atoms with Gasteiger partial charge in [0.1, 0.15) is 11.5 Å². The molecule has 0 aliphatic rings. The minimum atomic E-state index is 0.0668. The van der Waals surface area contributed by atoms with Gasteiger partial charge in [-0.05, 0) is 0 Å². The average molecular weight is 217 g/mol. The molecule has 0 spiro atoms. The van der Waals surface area contributed by atoms with Crippen LogP contribution in [0.2, 0.25) is 0 Å². The lowest BCUT2D eigenvalue weighted by atomic mass is 9.92. The van der Waals surface area contributed by atoms with Gasteiger partial charge in [-0.1, -0.05) is 34.6 Å². The summed E-state index contributed by atoms with van der Waals surface area (Å²) in [5.74, 6) is 1.49. The van der Waals surface area contributed by atoms with Crippen molar-refractivity contribution in [3.05, 3.63) is 30.0 Å². The molecule has 0 saturated heterocycles. The Labute approximate surface area is 96.5 Å². The molecular weight excluding hydrogens is 198 g/mol. The first-order valence-electron chi connectivity index (χ1n) is 5.74. The number of rotatable bonds is 1. The molecule has 0 bridgehead atoms. The highest BCUT2D eigenvalue weighted by Crippen LogP contribution is 2.24. The molecule has 3 heteroatoms. The summed E-state index contributed by atoms with van der Waals surface area (Å²) in [5.41, 5.74) is 2.16. The maximum absolute atomic E-state index is 4.77. The third-order valence-electron chi connectivity index (χ3n) is 2.70. The molecule has 0 amide bonds. The summed E-state index contributed by atoms with van der Waals surface area (Å²) in [6.45, 7) is 10.9. The third kappa shape index (κ3) is 1.82. The first-order chi connectivity index (χ1) is 7.39. The van der Waals surface area contributed by atoms with Crippen molar-refractivity contribution in [1.29, 1.82) is 0 Å². The summed E-state index contributed by atoms with van der Waals surface area (Å²) in [6.07, 6.45) is 3.80. The Morgan fingerprint density at radius 1 is 1.25 bits per heavy atom. The quantitative estimate of drug-likeness (QED) is 0.734. The Morgan fingerprint density at radius 3 is 2.50 bits per heavy atom. The van der Waals surface area contributed by atoms with Gasteiger partial charge in [0.05, 0.1) is 5.69 Å². The Balaban J connectivity index is 2.71. The minimum absolute atomic E-state index is 0.0668. The van der Waals surface area contributed by atoms with E-state index in [1.807, 2.05) is 12.4 Å². The van der Waals surface area contributed by atoms with Crippen LogP contribution >= 0.6 is 0 Å². The van der Waals surface area contributed by atoms with Gasteiger partial charge in [-0.3, -0.25) is 4.40 Å². The number of fused-ring (bicyclic) bond motifs is 1. The van der Waals surface area contributed by atoms with Gasteiger partial charge in [-0.2, -0.15) is 0 Å². The number of nitrogens with zero attached hydrogens (tertiary/aromatic N) is 3. The fourth-order valence-corrected chi connectivity index (χ4v) is 1.74. The molecule has 2 aromatic heterocycles. The molecule has 0 saturated carbocycles. The van der Waals surface area contributed by atoms with Crippen molar-refractivity contribution in [2.75, 3.05) is 0 Å². The number of aromatic nitrogens is 3. The normalized spacial score (nSPS) is 12.6. The Morgan fingerprint density at radius 2 is 1.94 bits per heavy atom. The summed E-state index contributed by atoms with van der Waals surface area (Å²) in [7, 11) is 0. The van der Waals surface area contributed by atoms with Crippen LogP contribution in [0.3, 0.4) is 0 Å². The van der Waals surface area contributed by atoms with Crippen LogP contribution in [-0.4, -0.2) is 14.4 Å². The van der Waals surface area contributed by atoms with E-state index in [9.17, 15) is 0 Å². The fourth-order valence-electron chi connectivity index (χ4n) is 1.74. The summed E-state index contributed by atoms with van der Waals surface area (Å²) in [6, 6.07) is 2.08. The highest BCUT2D eigenvalue weighted by Gasteiger charge is 2.19. The molecule has 86 valence electrons. The van der Waals surface area contributed by atoms with Crippen LogP contribution in [0.15, 0.2) is 18.5 Å². The zero-order valence-electron chi connectivity index (χ0n) is 10.7. The largest absolute Gasteiger partial charge is 0.288 e. The lowest BCUT2D eigenvalue weighted by Crippen LogP contribution is -2.17. The van der Waals surface area contributed by atoms with E-state index >= 15 is 0 Å². The van der Waals surface area contributed by atoms with Crippen LogP contribution in [0.1, 0.15) is 52.1 Å². The topological polar surface area (TPSA) is 30.2 Å². The lowest BCUT2D eigenvalue weighted by molar-refractivity contribution is 0.557. The molecule has 3 nitrogen and oxygen atoms in total. The lowest BCUT2D eigenvalue weighted by Gasteiger charge is -2.20. The predicted octanol–water partition coefficient (Wildman–Crippen LogP) is 3.15. The molecule has 0 N–H and O–H groups in total. The molecule has 0 aliphatic heterocycles. The maximum Gasteiger partial charge on any atom is 0.139 e. The van der Waals surface area contributed by atoms with E-state index in [4.69, 9.17) is 4.98 Å². The smallest absolute Gasteiger partial charge is 0.139 e. The van der Waals surface area contributed by atoms with E-state index < -0.39 is 0 Å². The van der Waals surface area contributed by atoms with Gasteiger partial charge < -0.3 is 0 Å². The van der Waals surface area contributed by atoms with Crippen LogP contribution in [0, 0.1) is 0 Å². The van der Waals surface area contributed by atoms with Crippen LogP contribution in [-0.2, 0) is 5.41 Å². The first kappa shape index (κ1) is 11.1. The van der Waals surface area contributed by atoms with Crippen molar-refractivity contribution in [3.8, 4) is 0 Å². The SMILES string of the molecule is CC(C)c1nc(C(C)(C)C)cc2nccn12. The van der Waals surface area contributed by atoms with E-state index in [1.165, 1.54) is 0 Å². The summed E-state index contributed by atoms with van der Waals surface area (Å²) < 4.78 is 2.07. The number of hydrogen-bond donors (Lipinski definition) is 0. The van der Waals surface area contributed by atoms with Gasteiger partial charge in [0.25, 0.3) is 0 Å². The average Bonchev–Trinajstić information content (AvgIpc) is 2.61. The summed E-state index contributed by atoms with van der Waals surface area (Å²) in [4.78, 5) is 9.13. The van der Waals surface area contributed by atoms with Crippen molar-refractivity contribution in [2.45, 2.75) is 46.0 Å². The predicted molar refractivity (Wildman–Crippen MR) is 65.8 cm³/mol. The second-order valence-electron chi connectivity index (χ2n) is 5.56. The number of hydrogen-bond acceptors (Lipinski definition) is 2. The molecule has 0 aliphatic carbocycles. The van der Waals surface area contributed by atoms with E-state index in [0.29, 0.717) is 5.92 Å². The van der Waals surface area contributed by atoms with Crippen molar-refractivity contribution >= 4 is 5.65 Å². The molecule has 2 heterocycles. The molecule has 0 radical (unpaired) electrons. The van der Waals surface area contributed by atoms with Crippen LogP contribution in [0.5, 0.6) is 0 Å². The highest BCUT2D eigenvalue weighted by atomic mass is 15.1. The first-order valence-corrected chi connectivity index (χ1v) is 5.74. The van der Waals surface area contributed by atoms with Gasteiger partial charge in [0.2, 0.25) is 0 Å². The molecule has 0 atom stereocenters. The Bertz CT molecular complexity index is 503. The summed E-state index contributed by atoms with van der Waals surface area (Å²) >= 11 is 0. The van der Waals surface area contributed by atoms with Crippen molar-refractivity contribution in [1.82, 2.24) is 14.4 Å². The zero-order chi connectivity index (χ0) is 11.9. The van der Waals surface area contributed by atoms with Gasteiger partial charge in [0, 0.05) is 29.8 Å². The van der Waals surface area contributed by atoms with Gasteiger partial charge in [-0.25, -0.2) is 9.97 Å². The number of imidazole rings is 1. The van der Waals surface area contributed by atoms with E-state index in [1.54, 1.807) is 0 Å². The molecule has 2 aromatic rings. The van der Waals surface area contributed by atoms with Gasteiger partial charge in [-0.15, -0.1) is 0 Å². The van der Waals surface area contributed by atoms with E-state index in [2.05, 4.69) is 50.1 Å². The molecule has 0 unspecified atom stereocenters. The van der Waals surface area contributed by atoms with E-state index in [-0.39, 0.29) is 5.41 Å². The Kier molecular flexibility index (Phi) is 2.49. The van der Waals surface area contributed by atoms with E-state index in [0.717, 1.165) is 17.2 Å². The Hall–Kier alpha value is -1.38. The van der Waals surface area contributed by atoms with Gasteiger partial charge in [0.15, 0.2) is 0 Å². The van der Waals surface area contributed by atoms with Crippen molar-refractivity contribution < 1.29 is 0 Å². The van der Waals surface area contributed by atoms with Crippen LogP contribution in [0.25, 0.3) is 5.65 Å². The molecular formula is C13H19N3. The molecule has 0 aromatic carbocycles. The third-order valence-corrected chi connectivity index (χ3v) is 2.70. The molecule has 2 rings (SSSR count). The second-order valence-corrected chi connectivity index (χ2v) is 5.56. The van der Waals surface area contributed by atoms with Crippen LogP contribution < -0.4 is 0 Å². The fraction of sp³-hybridized carbons (Fsp3) is 0.538.